The van der Waals surface area contributed by atoms with Crippen molar-refractivity contribution in [2.45, 2.75) is 26.3 Å². The molecular weight excluding hydrogens is 274 g/mol. The largest absolute Gasteiger partial charge is 0.494 e. The van der Waals surface area contributed by atoms with Crippen LogP contribution in [0.4, 0.5) is 0 Å². The van der Waals surface area contributed by atoms with Gasteiger partial charge in [-0.3, -0.25) is 4.79 Å². The summed E-state index contributed by atoms with van der Waals surface area (Å²) in [6.07, 6.45) is 1.82. The first-order valence-corrected chi connectivity index (χ1v) is 7.09. The minimum absolute atomic E-state index is 0.0589. The lowest BCUT2D eigenvalue weighted by molar-refractivity contribution is 0.302. The Hall–Kier alpha value is -1.74. The molecule has 0 unspecified atom stereocenters. The van der Waals surface area contributed by atoms with Crippen molar-refractivity contribution in [1.29, 1.82) is 0 Å². The van der Waals surface area contributed by atoms with E-state index < -0.39 is 0 Å². The molecule has 0 aliphatic heterocycles. The Labute approximate surface area is 123 Å². The topological polar surface area (TPSA) is 31.2 Å². The first kappa shape index (κ1) is 14.7. The Bertz CT molecular complexity index is 605. The van der Waals surface area contributed by atoms with Crippen LogP contribution in [-0.2, 0) is 6.54 Å². The Kier molecular flexibility index (Phi) is 5.24. The maximum atomic E-state index is 11.7. The molecule has 0 fully saturated rings. The maximum Gasteiger partial charge on any atom is 0.250 e. The molecule has 2 rings (SSSR count). The minimum Gasteiger partial charge on any atom is -0.494 e. The van der Waals surface area contributed by atoms with Crippen molar-refractivity contribution in [1.82, 2.24) is 4.57 Å². The van der Waals surface area contributed by atoms with Crippen molar-refractivity contribution >= 4 is 11.6 Å². The number of hydrogen-bond acceptors (Lipinski definition) is 2. The van der Waals surface area contributed by atoms with E-state index in [1.54, 1.807) is 16.7 Å². The van der Waals surface area contributed by atoms with Gasteiger partial charge in [-0.1, -0.05) is 17.7 Å². The molecule has 0 N–H and O–H groups in total. The van der Waals surface area contributed by atoms with Crippen LogP contribution in [0.3, 0.4) is 0 Å². The summed E-state index contributed by atoms with van der Waals surface area (Å²) in [6, 6.07) is 12.7. The van der Waals surface area contributed by atoms with Crippen LogP contribution < -0.4 is 10.3 Å². The highest BCUT2D eigenvalue weighted by atomic mass is 35.5. The number of ether oxygens (including phenoxy) is 1. The van der Waals surface area contributed by atoms with E-state index in [-0.39, 0.29) is 5.56 Å². The highest BCUT2D eigenvalue weighted by molar-refractivity contribution is 6.30. The quantitative estimate of drug-likeness (QED) is 0.761. The molecule has 0 saturated heterocycles. The summed E-state index contributed by atoms with van der Waals surface area (Å²) >= 11 is 5.80. The van der Waals surface area contributed by atoms with Crippen molar-refractivity contribution in [3.05, 3.63) is 63.5 Å². The van der Waals surface area contributed by atoms with Crippen LogP contribution >= 0.6 is 11.6 Å². The van der Waals surface area contributed by atoms with Crippen molar-refractivity contribution < 1.29 is 4.74 Å². The minimum atomic E-state index is 0.0589. The van der Waals surface area contributed by atoms with Gasteiger partial charge in [-0.25, -0.2) is 0 Å². The summed E-state index contributed by atoms with van der Waals surface area (Å²) in [5.41, 5.74) is 1.06. The predicted molar refractivity (Wildman–Crippen MR) is 81.6 cm³/mol. The van der Waals surface area contributed by atoms with Gasteiger partial charge < -0.3 is 9.30 Å². The number of unbranched alkanes of at least 4 members (excludes halogenated alkanes) is 1. The third-order valence-electron chi connectivity index (χ3n) is 3.13. The Morgan fingerprint density at radius 1 is 1.10 bits per heavy atom. The van der Waals surface area contributed by atoms with Gasteiger partial charge in [-0.15, -0.1) is 0 Å². The van der Waals surface area contributed by atoms with E-state index in [1.807, 2.05) is 37.3 Å². The molecule has 0 spiro atoms. The molecule has 1 aromatic carbocycles. The lowest BCUT2D eigenvalue weighted by Gasteiger charge is -2.09. The lowest BCUT2D eigenvalue weighted by atomic mass is 10.3. The number of nitrogens with zero attached hydrogens (tertiary/aromatic N) is 1. The Morgan fingerprint density at radius 3 is 2.55 bits per heavy atom. The van der Waals surface area contributed by atoms with Crippen molar-refractivity contribution in [2.24, 2.45) is 0 Å². The molecule has 0 amide bonds. The second kappa shape index (κ2) is 7.15. The lowest BCUT2D eigenvalue weighted by Crippen LogP contribution is -2.21. The first-order valence-electron chi connectivity index (χ1n) is 6.71. The summed E-state index contributed by atoms with van der Waals surface area (Å²) in [4.78, 5) is 11.7. The fraction of sp³-hybridized carbons (Fsp3) is 0.312. The average molecular weight is 292 g/mol. The maximum absolute atomic E-state index is 11.7. The van der Waals surface area contributed by atoms with E-state index in [9.17, 15) is 4.79 Å². The van der Waals surface area contributed by atoms with Gasteiger partial charge in [0, 0.05) is 23.3 Å². The summed E-state index contributed by atoms with van der Waals surface area (Å²) in [5.74, 6) is 0.822. The van der Waals surface area contributed by atoms with Gasteiger partial charge in [0.15, 0.2) is 0 Å². The molecule has 1 heterocycles. The molecule has 0 aliphatic carbocycles. The van der Waals surface area contributed by atoms with E-state index in [0.717, 1.165) is 30.8 Å². The molecule has 0 bridgehead atoms. The summed E-state index contributed by atoms with van der Waals surface area (Å²) in [5, 5.41) is 0.705. The molecule has 0 atom stereocenters. The standard InChI is InChI=1S/C16H18ClNO2/c1-13-5-4-6-16(19)18(13)11-2-3-12-20-15-9-7-14(17)8-10-15/h4-10H,2-3,11-12H2,1H3. The molecule has 0 aliphatic rings. The second-order valence-electron chi connectivity index (χ2n) is 4.67. The molecular formula is C16H18ClNO2. The van der Waals surface area contributed by atoms with E-state index in [1.165, 1.54) is 0 Å². The summed E-state index contributed by atoms with van der Waals surface area (Å²) in [7, 11) is 0. The van der Waals surface area contributed by atoms with Crippen molar-refractivity contribution in [3.8, 4) is 5.75 Å². The third kappa shape index (κ3) is 4.14. The van der Waals surface area contributed by atoms with Crippen LogP contribution in [-0.4, -0.2) is 11.2 Å². The van der Waals surface area contributed by atoms with Crippen LogP contribution in [0.1, 0.15) is 18.5 Å². The summed E-state index contributed by atoms with van der Waals surface area (Å²) in [6.45, 7) is 3.32. The number of pyridine rings is 1. The highest BCUT2D eigenvalue weighted by Crippen LogP contribution is 2.15. The number of aryl methyl sites for hydroxylation is 1. The van der Waals surface area contributed by atoms with Crippen LogP contribution in [0.5, 0.6) is 5.75 Å². The smallest absolute Gasteiger partial charge is 0.250 e. The fourth-order valence-electron chi connectivity index (χ4n) is 2.00. The van der Waals surface area contributed by atoms with E-state index in [4.69, 9.17) is 16.3 Å². The molecule has 3 nitrogen and oxygen atoms in total. The van der Waals surface area contributed by atoms with Gasteiger partial charge in [-0.05, 0) is 50.1 Å². The molecule has 106 valence electrons. The number of benzene rings is 1. The SMILES string of the molecule is Cc1cccc(=O)n1CCCCOc1ccc(Cl)cc1. The number of rotatable bonds is 6. The first-order chi connectivity index (χ1) is 9.66. The van der Waals surface area contributed by atoms with E-state index in [0.29, 0.717) is 11.6 Å². The molecule has 0 radical (unpaired) electrons. The van der Waals surface area contributed by atoms with Crippen LogP contribution in [0.15, 0.2) is 47.3 Å². The zero-order valence-corrected chi connectivity index (χ0v) is 12.3. The van der Waals surface area contributed by atoms with Gasteiger partial charge >= 0.3 is 0 Å². The monoisotopic (exact) mass is 291 g/mol. The van der Waals surface area contributed by atoms with Crippen LogP contribution in [0.2, 0.25) is 5.02 Å². The van der Waals surface area contributed by atoms with E-state index in [2.05, 4.69) is 0 Å². The number of hydrogen-bond donors (Lipinski definition) is 0. The second-order valence-corrected chi connectivity index (χ2v) is 5.10. The third-order valence-corrected chi connectivity index (χ3v) is 3.38. The number of halogens is 1. The Morgan fingerprint density at radius 2 is 1.85 bits per heavy atom. The molecule has 4 heteroatoms. The van der Waals surface area contributed by atoms with Gasteiger partial charge in [0.25, 0.3) is 5.56 Å². The van der Waals surface area contributed by atoms with Gasteiger partial charge in [0.2, 0.25) is 0 Å². The molecule has 1 aromatic heterocycles. The van der Waals surface area contributed by atoms with Crippen LogP contribution in [0.25, 0.3) is 0 Å². The van der Waals surface area contributed by atoms with E-state index >= 15 is 0 Å². The zero-order valence-electron chi connectivity index (χ0n) is 11.5. The normalized spacial score (nSPS) is 10.5. The highest BCUT2D eigenvalue weighted by Gasteiger charge is 1.99. The van der Waals surface area contributed by atoms with Crippen molar-refractivity contribution in [2.75, 3.05) is 6.61 Å². The zero-order chi connectivity index (χ0) is 14.4. The Balaban J connectivity index is 1.74. The number of aromatic nitrogens is 1. The van der Waals surface area contributed by atoms with Crippen molar-refractivity contribution in [3.63, 3.8) is 0 Å². The molecule has 20 heavy (non-hydrogen) atoms. The molecule has 0 saturated carbocycles. The molecule has 2 aromatic rings. The summed E-state index contributed by atoms with van der Waals surface area (Å²) < 4.78 is 7.41. The van der Waals surface area contributed by atoms with Gasteiger partial charge in [0.05, 0.1) is 6.61 Å². The fourth-order valence-corrected chi connectivity index (χ4v) is 2.13. The van der Waals surface area contributed by atoms with Gasteiger partial charge in [-0.2, -0.15) is 0 Å². The van der Waals surface area contributed by atoms with Crippen LogP contribution in [0, 0.1) is 6.92 Å². The average Bonchev–Trinajstić information content (AvgIpc) is 2.43. The predicted octanol–water partition coefficient (Wildman–Crippen LogP) is 3.67. The van der Waals surface area contributed by atoms with Gasteiger partial charge in [0.1, 0.15) is 5.75 Å².